The maximum absolute atomic E-state index is 13.5. The fourth-order valence-electron chi connectivity index (χ4n) is 3.55. The molecule has 148 valence electrons. The molecule has 0 saturated carbocycles. The third kappa shape index (κ3) is 5.35. The van der Waals surface area contributed by atoms with Crippen molar-refractivity contribution in [1.82, 2.24) is 9.80 Å². The van der Waals surface area contributed by atoms with Gasteiger partial charge in [-0.15, -0.1) is 0 Å². The Morgan fingerprint density at radius 2 is 1.93 bits per heavy atom. The third-order valence-electron chi connectivity index (χ3n) is 4.90. The monoisotopic (exact) mass is 380 g/mol. The van der Waals surface area contributed by atoms with Crippen LogP contribution in [-0.2, 0) is 24.4 Å². The third-order valence-corrected chi connectivity index (χ3v) is 4.90. The van der Waals surface area contributed by atoms with E-state index in [0.29, 0.717) is 26.1 Å². The zero-order valence-electron chi connectivity index (χ0n) is 15.5. The fraction of sp³-hybridized carbons (Fsp3) is 0.500. The second-order valence-electron chi connectivity index (χ2n) is 6.92. The molecule has 1 aromatic carbocycles. The smallest absolute Gasteiger partial charge is 0.159 e. The van der Waals surface area contributed by atoms with Gasteiger partial charge in [0.2, 0.25) is 0 Å². The van der Waals surface area contributed by atoms with E-state index < -0.39 is 11.6 Å². The van der Waals surface area contributed by atoms with Gasteiger partial charge in [0.25, 0.3) is 0 Å². The van der Waals surface area contributed by atoms with Crippen molar-refractivity contribution in [3.05, 3.63) is 59.1 Å². The summed E-state index contributed by atoms with van der Waals surface area (Å²) in [6, 6.07) is 8.05. The van der Waals surface area contributed by atoms with Gasteiger partial charge < -0.3 is 14.3 Å². The molecular formula is C20H26F2N2O3. The molecule has 0 amide bonds. The second-order valence-corrected chi connectivity index (χ2v) is 6.92. The number of rotatable bonds is 8. The number of benzene rings is 1. The summed E-state index contributed by atoms with van der Waals surface area (Å²) in [5.41, 5.74) is 0.737. The van der Waals surface area contributed by atoms with Gasteiger partial charge in [-0.25, -0.2) is 8.78 Å². The van der Waals surface area contributed by atoms with Crippen LogP contribution >= 0.6 is 0 Å². The molecule has 1 fully saturated rings. The Hall–Kier alpha value is -1.80. The number of piperazine rings is 1. The first-order chi connectivity index (χ1) is 13.1. The highest BCUT2D eigenvalue weighted by molar-refractivity contribution is 5.18. The first-order valence-electron chi connectivity index (χ1n) is 9.16. The van der Waals surface area contributed by atoms with Gasteiger partial charge in [0.1, 0.15) is 18.1 Å². The van der Waals surface area contributed by atoms with Gasteiger partial charge in [-0.2, -0.15) is 0 Å². The van der Waals surface area contributed by atoms with Crippen LogP contribution in [-0.4, -0.2) is 54.3 Å². The van der Waals surface area contributed by atoms with E-state index in [1.807, 2.05) is 12.1 Å². The van der Waals surface area contributed by atoms with Crippen LogP contribution in [0.4, 0.5) is 8.78 Å². The number of aliphatic hydroxyl groups excluding tert-OH is 1. The maximum atomic E-state index is 13.5. The lowest BCUT2D eigenvalue weighted by Crippen LogP contribution is -2.52. The number of furan rings is 1. The lowest BCUT2D eigenvalue weighted by molar-refractivity contribution is 0.0462. The predicted octanol–water partition coefficient (Wildman–Crippen LogP) is 2.77. The zero-order valence-corrected chi connectivity index (χ0v) is 15.5. The van der Waals surface area contributed by atoms with Crippen LogP contribution in [0.2, 0.25) is 0 Å². The Morgan fingerprint density at radius 3 is 2.67 bits per heavy atom. The molecule has 0 aliphatic carbocycles. The average Bonchev–Trinajstić information content (AvgIpc) is 3.08. The number of aliphatic hydroxyl groups is 1. The summed E-state index contributed by atoms with van der Waals surface area (Å²) in [4.78, 5) is 4.51. The minimum Gasteiger partial charge on any atom is -0.462 e. The van der Waals surface area contributed by atoms with E-state index in [-0.39, 0.29) is 12.6 Å². The van der Waals surface area contributed by atoms with E-state index in [9.17, 15) is 13.9 Å². The Morgan fingerprint density at radius 1 is 1.11 bits per heavy atom. The number of nitrogens with zero attached hydrogens (tertiary/aromatic N) is 2. The standard InChI is InChI=1S/C20H26F2N2O3/c1-26-14-18-4-3-17(27-18)13-23-7-8-24(16(12-23)6-9-25)11-15-2-5-19(21)20(22)10-15/h2-5,10,16,25H,6-9,11-14H2,1H3/t16-/m1/s1. The van der Waals surface area contributed by atoms with Gasteiger partial charge in [-0.05, 0) is 36.2 Å². The quantitative estimate of drug-likeness (QED) is 0.763. The molecule has 1 atom stereocenters. The van der Waals surface area contributed by atoms with E-state index in [4.69, 9.17) is 9.15 Å². The molecule has 1 N–H and O–H groups in total. The van der Waals surface area contributed by atoms with Gasteiger partial charge >= 0.3 is 0 Å². The lowest BCUT2D eigenvalue weighted by Gasteiger charge is -2.41. The van der Waals surface area contributed by atoms with E-state index in [0.717, 1.165) is 42.8 Å². The number of hydrogen-bond donors (Lipinski definition) is 1. The van der Waals surface area contributed by atoms with Gasteiger partial charge in [-0.1, -0.05) is 6.07 Å². The summed E-state index contributed by atoms with van der Waals surface area (Å²) in [5, 5.41) is 9.43. The summed E-state index contributed by atoms with van der Waals surface area (Å²) in [6.45, 7) is 4.19. The Balaban J connectivity index is 1.60. The molecule has 3 rings (SSSR count). The van der Waals surface area contributed by atoms with Crippen LogP contribution in [0, 0.1) is 11.6 Å². The van der Waals surface area contributed by atoms with Crippen molar-refractivity contribution in [2.24, 2.45) is 0 Å². The molecule has 1 saturated heterocycles. The molecule has 27 heavy (non-hydrogen) atoms. The minimum atomic E-state index is -0.832. The topological polar surface area (TPSA) is 49.1 Å². The molecule has 1 aromatic heterocycles. The summed E-state index contributed by atoms with van der Waals surface area (Å²) >= 11 is 0. The van der Waals surface area contributed by atoms with E-state index >= 15 is 0 Å². The summed E-state index contributed by atoms with van der Waals surface area (Å²) in [6.07, 6.45) is 0.632. The number of ether oxygens (including phenoxy) is 1. The van der Waals surface area contributed by atoms with Crippen molar-refractivity contribution in [3.8, 4) is 0 Å². The van der Waals surface area contributed by atoms with Gasteiger partial charge in [0.15, 0.2) is 11.6 Å². The van der Waals surface area contributed by atoms with Crippen molar-refractivity contribution >= 4 is 0 Å². The fourth-order valence-corrected chi connectivity index (χ4v) is 3.55. The first-order valence-corrected chi connectivity index (χ1v) is 9.16. The average molecular weight is 380 g/mol. The van der Waals surface area contributed by atoms with Crippen LogP contribution in [0.15, 0.2) is 34.7 Å². The number of halogens is 2. The van der Waals surface area contributed by atoms with Gasteiger partial charge in [0, 0.05) is 45.9 Å². The van der Waals surface area contributed by atoms with E-state index in [1.165, 1.54) is 6.07 Å². The molecule has 0 unspecified atom stereocenters. The molecule has 0 radical (unpaired) electrons. The highest BCUT2D eigenvalue weighted by Gasteiger charge is 2.27. The van der Waals surface area contributed by atoms with Crippen LogP contribution in [0.5, 0.6) is 0 Å². The van der Waals surface area contributed by atoms with Gasteiger partial charge in [-0.3, -0.25) is 9.80 Å². The molecule has 2 heterocycles. The summed E-state index contributed by atoms with van der Waals surface area (Å²) in [7, 11) is 1.63. The van der Waals surface area contributed by atoms with Crippen molar-refractivity contribution in [2.45, 2.75) is 32.2 Å². The normalized spacial score (nSPS) is 18.9. The lowest BCUT2D eigenvalue weighted by atomic mass is 10.1. The van der Waals surface area contributed by atoms with Crippen molar-refractivity contribution in [2.75, 3.05) is 33.4 Å². The molecular weight excluding hydrogens is 354 g/mol. The summed E-state index contributed by atoms with van der Waals surface area (Å²) in [5.74, 6) is 0.0338. The molecule has 2 aromatic rings. The second kappa shape index (κ2) is 9.41. The summed E-state index contributed by atoms with van der Waals surface area (Å²) < 4.78 is 37.5. The number of hydrogen-bond acceptors (Lipinski definition) is 5. The van der Waals surface area contributed by atoms with Gasteiger partial charge in [0.05, 0.1) is 6.54 Å². The van der Waals surface area contributed by atoms with E-state index in [2.05, 4.69) is 9.80 Å². The molecule has 7 heteroatoms. The zero-order chi connectivity index (χ0) is 19.2. The molecule has 0 bridgehead atoms. The first kappa shape index (κ1) is 19.9. The van der Waals surface area contributed by atoms with Crippen LogP contribution < -0.4 is 0 Å². The molecule has 5 nitrogen and oxygen atoms in total. The molecule has 0 spiro atoms. The van der Waals surface area contributed by atoms with Crippen LogP contribution in [0.25, 0.3) is 0 Å². The SMILES string of the molecule is COCc1ccc(CN2CCN(Cc3ccc(F)c(F)c3)[C@H](CCO)C2)o1. The number of methoxy groups -OCH3 is 1. The molecule has 1 aliphatic heterocycles. The molecule has 1 aliphatic rings. The maximum Gasteiger partial charge on any atom is 0.159 e. The van der Waals surface area contributed by atoms with Crippen molar-refractivity contribution in [1.29, 1.82) is 0 Å². The van der Waals surface area contributed by atoms with Crippen LogP contribution in [0.3, 0.4) is 0 Å². The van der Waals surface area contributed by atoms with Crippen molar-refractivity contribution < 1.29 is 23.0 Å². The largest absolute Gasteiger partial charge is 0.462 e. The Labute approximate surface area is 158 Å². The minimum absolute atomic E-state index is 0.0888. The Kier molecular flexibility index (Phi) is 6.95. The Bertz CT molecular complexity index is 738. The van der Waals surface area contributed by atoms with Crippen molar-refractivity contribution in [3.63, 3.8) is 0 Å². The predicted molar refractivity (Wildman–Crippen MR) is 97.0 cm³/mol. The van der Waals surface area contributed by atoms with Crippen LogP contribution in [0.1, 0.15) is 23.5 Å². The highest BCUT2D eigenvalue weighted by atomic mass is 19.2. The van der Waals surface area contributed by atoms with E-state index in [1.54, 1.807) is 13.2 Å². The highest BCUT2D eigenvalue weighted by Crippen LogP contribution is 2.20.